The predicted octanol–water partition coefficient (Wildman–Crippen LogP) is 6.03. The maximum absolute atomic E-state index is 15.2. The average molecular weight is 632 g/mol. The van der Waals surface area contributed by atoms with Crippen LogP contribution in [0.3, 0.4) is 0 Å². The summed E-state index contributed by atoms with van der Waals surface area (Å²) in [6.45, 7) is 1.02. The molecule has 2 saturated carbocycles. The Hall–Kier alpha value is -2.04. The Bertz CT molecular complexity index is 1380. The van der Waals surface area contributed by atoms with Gasteiger partial charge in [-0.15, -0.1) is 0 Å². The molecular weight excluding hydrogens is 589 g/mol. The van der Waals surface area contributed by atoms with Gasteiger partial charge in [-0.1, -0.05) is 29.8 Å². The second-order valence-corrected chi connectivity index (χ2v) is 15.4. The van der Waals surface area contributed by atoms with Crippen molar-refractivity contribution in [3.05, 3.63) is 64.4 Å². The van der Waals surface area contributed by atoms with Crippen LogP contribution in [0.15, 0.2) is 42.5 Å². The van der Waals surface area contributed by atoms with Crippen molar-refractivity contribution >= 4 is 33.2 Å². The molecule has 0 aromatic heterocycles. The molecule has 6 rings (SSSR count). The molecule has 2 N–H and O–H groups in total. The summed E-state index contributed by atoms with van der Waals surface area (Å²) >= 11 is 6.19. The van der Waals surface area contributed by atoms with Crippen molar-refractivity contribution in [1.82, 2.24) is 9.62 Å². The Kier molecular flexibility index (Phi) is 9.74. The number of hydrogen-bond donors (Lipinski definition) is 2. The maximum atomic E-state index is 15.2. The van der Waals surface area contributed by atoms with Gasteiger partial charge in [0.15, 0.2) is 0 Å². The SMILES string of the molecule is O=C(C[C@@H](c1ccc(Cl)cc1)C1CCC(OC2CC2)CC1)Nc1cccc(F)c1CC[C@H]1CN[C@@H]2CCCS(=O)(=O)N1C2. The quantitative estimate of drug-likeness (QED) is 0.335. The lowest BCUT2D eigenvalue weighted by molar-refractivity contribution is -0.117. The van der Waals surface area contributed by atoms with E-state index >= 15 is 4.39 Å². The molecule has 0 radical (unpaired) electrons. The summed E-state index contributed by atoms with van der Waals surface area (Å²) in [6.07, 6.45) is 9.70. The standard InChI is InChI=1S/C33H43ClFN3O4S/c34-24-10-6-22(7-11-24)30(23-8-13-27(14-9-23)42-28-15-16-28)19-33(39)37-32-5-1-4-31(35)29(32)17-12-26-20-36-25-3-2-18-43(40,41)38(26)21-25/h1,4-7,10-11,23,25-28,30,36H,2-3,8-9,12-21H2,(H,37,39)/t23?,25-,26+,27?,30+/m1/s1. The number of ether oxygens (including phenoxy) is 1. The lowest BCUT2D eigenvalue weighted by Crippen LogP contribution is -2.57. The Morgan fingerprint density at radius 1 is 1.05 bits per heavy atom. The predicted molar refractivity (Wildman–Crippen MR) is 167 cm³/mol. The molecular formula is C33H43ClFN3O4S. The monoisotopic (exact) mass is 631 g/mol. The van der Waals surface area contributed by atoms with Crippen LogP contribution < -0.4 is 10.6 Å². The number of amides is 1. The number of anilines is 1. The first kappa shape index (κ1) is 31.0. The Labute approximate surface area is 259 Å². The highest BCUT2D eigenvalue weighted by Crippen LogP contribution is 2.41. The highest BCUT2D eigenvalue weighted by atomic mass is 35.5. The van der Waals surface area contributed by atoms with Gasteiger partial charge in [0.1, 0.15) is 5.82 Å². The summed E-state index contributed by atoms with van der Waals surface area (Å²) in [5, 5.41) is 7.16. The average Bonchev–Trinajstić information content (AvgIpc) is 3.82. The van der Waals surface area contributed by atoms with Crippen molar-refractivity contribution in [2.75, 3.05) is 24.2 Å². The van der Waals surface area contributed by atoms with Crippen molar-refractivity contribution in [1.29, 1.82) is 0 Å². The van der Waals surface area contributed by atoms with Crippen LogP contribution in [0.2, 0.25) is 5.02 Å². The Morgan fingerprint density at radius 2 is 1.77 bits per heavy atom. The van der Waals surface area contributed by atoms with Crippen LogP contribution in [0.5, 0.6) is 0 Å². The summed E-state index contributed by atoms with van der Waals surface area (Å²) in [5.74, 6) is -0.0178. The van der Waals surface area contributed by atoms with Crippen LogP contribution in [0.4, 0.5) is 10.1 Å². The second-order valence-electron chi connectivity index (χ2n) is 12.9. The number of piperazine rings is 1. The molecule has 1 amide bonds. The van der Waals surface area contributed by atoms with Gasteiger partial charge in [0.25, 0.3) is 0 Å². The minimum atomic E-state index is -3.33. The number of sulfonamides is 1. The van der Waals surface area contributed by atoms with Crippen molar-refractivity contribution < 1.29 is 22.3 Å². The third-order valence-corrected chi connectivity index (χ3v) is 12.0. The third-order valence-electron chi connectivity index (χ3n) is 9.78. The fourth-order valence-corrected chi connectivity index (χ4v) is 9.19. The smallest absolute Gasteiger partial charge is 0.225 e. The van der Waals surface area contributed by atoms with E-state index in [-0.39, 0.29) is 41.9 Å². The molecule has 4 aliphatic rings. The zero-order valence-corrected chi connectivity index (χ0v) is 26.2. The molecule has 234 valence electrons. The number of carbonyl (C=O) groups is 1. The van der Waals surface area contributed by atoms with E-state index in [4.69, 9.17) is 16.3 Å². The fourth-order valence-electron chi connectivity index (χ4n) is 7.26. The number of carbonyl (C=O) groups excluding carboxylic acids is 1. The summed E-state index contributed by atoms with van der Waals surface area (Å²) in [7, 11) is -3.33. The molecule has 2 aromatic rings. The number of halogens is 2. The van der Waals surface area contributed by atoms with E-state index in [1.807, 2.05) is 24.3 Å². The molecule has 0 spiro atoms. The number of rotatable bonds is 10. The molecule has 2 aromatic carbocycles. The van der Waals surface area contributed by atoms with Crippen LogP contribution in [-0.4, -0.2) is 61.8 Å². The normalized spacial score (nSPS) is 29.4. The van der Waals surface area contributed by atoms with Crippen LogP contribution in [0.1, 0.15) is 81.3 Å². The van der Waals surface area contributed by atoms with E-state index in [0.717, 1.165) is 37.7 Å². The van der Waals surface area contributed by atoms with Crippen molar-refractivity contribution in [2.24, 2.45) is 5.92 Å². The number of hydrogen-bond acceptors (Lipinski definition) is 5. The first-order valence-corrected chi connectivity index (χ1v) is 17.9. The molecule has 4 atom stereocenters. The van der Waals surface area contributed by atoms with Gasteiger partial charge in [0.05, 0.1) is 18.0 Å². The van der Waals surface area contributed by atoms with E-state index in [1.54, 1.807) is 16.4 Å². The van der Waals surface area contributed by atoms with Gasteiger partial charge in [0, 0.05) is 47.9 Å². The first-order chi connectivity index (χ1) is 20.7. The van der Waals surface area contributed by atoms with Gasteiger partial charge in [-0.05, 0) is 106 Å². The first-order valence-electron chi connectivity index (χ1n) is 16.0. The van der Waals surface area contributed by atoms with Gasteiger partial charge < -0.3 is 15.4 Å². The molecule has 2 heterocycles. The van der Waals surface area contributed by atoms with E-state index in [2.05, 4.69) is 10.6 Å². The highest BCUT2D eigenvalue weighted by Gasteiger charge is 2.38. The highest BCUT2D eigenvalue weighted by molar-refractivity contribution is 7.89. The molecule has 1 unspecified atom stereocenters. The molecule has 2 saturated heterocycles. The zero-order valence-electron chi connectivity index (χ0n) is 24.6. The van der Waals surface area contributed by atoms with Gasteiger partial charge in [-0.3, -0.25) is 4.79 Å². The third kappa shape index (κ3) is 7.79. The van der Waals surface area contributed by atoms with Crippen LogP contribution in [0, 0.1) is 11.7 Å². The topological polar surface area (TPSA) is 87.7 Å². The number of fused-ring (bicyclic) bond motifs is 2. The Balaban J connectivity index is 1.13. The molecule has 43 heavy (non-hydrogen) atoms. The Morgan fingerprint density at radius 3 is 2.49 bits per heavy atom. The molecule has 10 heteroatoms. The minimum absolute atomic E-state index is 0.0191. The van der Waals surface area contributed by atoms with Crippen LogP contribution in [-0.2, 0) is 26.0 Å². The molecule has 7 nitrogen and oxygen atoms in total. The summed E-state index contributed by atoms with van der Waals surface area (Å²) in [6, 6.07) is 12.5. The zero-order chi connectivity index (χ0) is 30.0. The molecule has 2 bridgehead atoms. The summed E-state index contributed by atoms with van der Waals surface area (Å²) < 4.78 is 48.8. The van der Waals surface area contributed by atoms with Crippen molar-refractivity contribution in [3.8, 4) is 0 Å². The van der Waals surface area contributed by atoms with Crippen molar-refractivity contribution in [3.63, 3.8) is 0 Å². The van der Waals surface area contributed by atoms with Gasteiger partial charge in [-0.25, -0.2) is 12.8 Å². The molecule has 4 fully saturated rings. The lowest BCUT2D eigenvalue weighted by Gasteiger charge is -2.37. The lowest BCUT2D eigenvalue weighted by atomic mass is 9.74. The van der Waals surface area contributed by atoms with E-state index in [1.165, 1.54) is 18.9 Å². The van der Waals surface area contributed by atoms with Crippen LogP contribution >= 0.6 is 11.6 Å². The summed E-state index contributed by atoms with van der Waals surface area (Å²) in [5.41, 5.74) is 1.97. The van der Waals surface area contributed by atoms with Gasteiger partial charge in [0.2, 0.25) is 15.9 Å². The molecule has 2 aliphatic carbocycles. The number of nitrogens with one attached hydrogen (secondary N) is 2. The van der Waals surface area contributed by atoms with Gasteiger partial charge >= 0.3 is 0 Å². The van der Waals surface area contributed by atoms with Crippen molar-refractivity contribution in [2.45, 2.75) is 101 Å². The second kappa shape index (κ2) is 13.5. The number of benzene rings is 2. The summed E-state index contributed by atoms with van der Waals surface area (Å²) in [4.78, 5) is 13.6. The van der Waals surface area contributed by atoms with E-state index in [0.29, 0.717) is 66.8 Å². The number of nitrogens with zero attached hydrogens (tertiary/aromatic N) is 1. The fraction of sp³-hybridized carbons (Fsp3) is 0.606. The minimum Gasteiger partial charge on any atom is -0.375 e. The van der Waals surface area contributed by atoms with Crippen LogP contribution in [0.25, 0.3) is 0 Å². The van der Waals surface area contributed by atoms with E-state index < -0.39 is 10.0 Å². The molecule has 2 aliphatic heterocycles. The largest absolute Gasteiger partial charge is 0.375 e. The van der Waals surface area contributed by atoms with Gasteiger partial charge in [-0.2, -0.15) is 4.31 Å². The van der Waals surface area contributed by atoms with E-state index in [9.17, 15) is 13.2 Å². The maximum Gasteiger partial charge on any atom is 0.225 e.